The summed E-state index contributed by atoms with van der Waals surface area (Å²) in [6.45, 7) is 4.45. The average Bonchev–Trinajstić information content (AvgIpc) is 1.04. The molecule has 0 rings (SSSR count). The van der Waals surface area contributed by atoms with Crippen LogP contribution < -0.4 is 0 Å². The van der Waals surface area contributed by atoms with E-state index in [0.717, 1.165) is 193 Å². The van der Waals surface area contributed by atoms with Crippen LogP contribution in [0.4, 0.5) is 0 Å². The van der Waals surface area contributed by atoms with Crippen LogP contribution in [0.2, 0.25) is 0 Å². The molecule has 0 bridgehead atoms. The predicted octanol–water partition coefficient (Wildman–Crippen LogP) is 21.6. The van der Waals surface area contributed by atoms with E-state index in [2.05, 4.69) is 149 Å². The predicted molar refractivity (Wildman–Crippen MR) is 399 cm³/mol. The Kier molecular flexibility index (Phi) is 67.6. The first-order valence-electron chi connectivity index (χ1n) is 37.8. The molecule has 0 saturated carbocycles. The fourth-order valence-electron chi connectivity index (χ4n) is 9.73. The third kappa shape index (κ3) is 69.9. The third-order valence-electron chi connectivity index (χ3n) is 15.4. The number of phosphoric ester groups is 2. The quantitative estimate of drug-likeness (QED) is 0.0169. The lowest BCUT2D eigenvalue weighted by Crippen LogP contribution is -2.30. The standard InChI is InChI=1S/C79H134O17P2/c1-5-9-13-17-21-25-29-33-36-40-43-47-51-55-59-63-76(81)89-69-74(95-78(83)65-61-57-53-49-45-39-32-28-24-20-16-12-8-4)71-93-97(85,86)91-67-73(80)68-92-98(87,88)94-72-75(96-79(84)66-62-58-54-50-46-42-38-35-31-27-23-19-15-11-7-3)70-90-77(82)64-60-56-52-48-44-41-37-34-30-26-22-18-14-10-6-2/h9-11,13-15,21-23,25-28,32-38,73-75,80H,5-8,12,16-20,24,29-31,39-72H2,1-4H3,(H,85,86)(H,87,88)/b13-9-,14-10-,15-11-,25-21-,26-22-,27-23-,32-28-,36-33-,37-34-,38-35-. The number of allylic oxidation sites excluding steroid dienone is 20. The van der Waals surface area contributed by atoms with Gasteiger partial charge in [0.2, 0.25) is 0 Å². The van der Waals surface area contributed by atoms with Gasteiger partial charge in [-0.25, -0.2) is 9.13 Å². The lowest BCUT2D eigenvalue weighted by atomic mass is 10.1. The molecule has 17 nitrogen and oxygen atoms in total. The first-order chi connectivity index (χ1) is 47.7. The fraction of sp³-hybridized carbons (Fsp3) is 0.696. The molecular formula is C79H134O17P2. The molecule has 98 heavy (non-hydrogen) atoms. The number of rotatable bonds is 70. The van der Waals surface area contributed by atoms with Gasteiger partial charge in [0, 0.05) is 25.7 Å². The molecule has 562 valence electrons. The highest BCUT2D eigenvalue weighted by atomic mass is 31.2. The molecule has 3 N–H and O–H groups in total. The van der Waals surface area contributed by atoms with Gasteiger partial charge in [0.1, 0.15) is 19.3 Å². The van der Waals surface area contributed by atoms with Crippen LogP contribution in [0, 0.1) is 0 Å². The molecule has 0 fully saturated rings. The zero-order valence-electron chi connectivity index (χ0n) is 61.2. The number of phosphoric acid groups is 2. The normalized spacial score (nSPS) is 14.6. The maximum Gasteiger partial charge on any atom is 0.472 e. The molecule has 0 amide bonds. The summed E-state index contributed by atoms with van der Waals surface area (Å²) in [4.78, 5) is 72.8. The van der Waals surface area contributed by atoms with Gasteiger partial charge in [-0.3, -0.25) is 37.3 Å². The summed E-state index contributed by atoms with van der Waals surface area (Å²) >= 11 is 0. The van der Waals surface area contributed by atoms with Gasteiger partial charge >= 0.3 is 39.5 Å². The summed E-state index contributed by atoms with van der Waals surface area (Å²) in [5.74, 6) is -2.24. The maximum atomic E-state index is 13.1. The minimum absolute atomic E-state index is 0.0689. The Balaban J connectivity index is 5.39. The van der Waals surface area contributed by atoms with Gasteiger partial charge in [0.25, 0.3) is 0 Å². The van der Waals surface area contributed by atoms with Crippen molar-refractivity contribution in [2.75, 3.05) is 39.6 Å². The first kappa shape index (κ1) is 93.5. The zero-order valence-corrected chi connectivity index (χ0v) is 63.0. The third-order valence-corrected chi connectivity index (χ3v) is 17.3. The van der Waals surface area contributed by atoms with E-state index in [4.69, 9.17) is 37.0 Å². The number of aliphatic hydroxyl groups excluding tert-OH is 1. The average molecular weight is 1420 g/mol. The largest absolute Gasteiger partial charge is 0.472 e. The number of esters is 4. The van der Waals surface area contributed by atoms with E-state index in [1.807, 2.05) is 0 Å². The minimum Gasteiger partial charge on any atom is -0.462 e. The lowest BCUT2D eigenvalue weighted by molar-refractivity contribution is -0.161. The number of aliphatic hydroxyl groups is 1. The Labute approximate surface area is 593 Å². The summed E-state index contributed by atoms with van der Waals surface area (Å²) in [6.07, 6.45) is 76.2. The van der Waals surface area contributed by atoms with Gasteiger partial charge in [0.15, 0.2) is 12.2 Å². The summed E-state index contributed by atoms with van der Waals surface area (Å²) in [5, 5.41) is 10.6. The van der Waals surface area contributed by atoms with Crippen LogP contribution in [-0.4, -0.2) is 96.7 Å². The van der Waals surface area contributed by atoms with Gasteiger partial charge in [-0.15, -0.1) is 0 Å². The van der Waals surface area contributed by atoms with Gasteiger partial charge in [-0.1, -0.05) is 246 Å². The van der Waals surface area contributed by atoms with Crippen LogP contribution in [0.1, 0.15) is 297 Å². The molecule has 0 aliphatic heterocycles. The Morgan fingerprint density at radius 3 is 0.827 bits per heavy atom. The van der Waals surface area contributed by atoms with Crippen molar-refractivity contribution in [3.8, 4) is 0 Å². The second-order valence-corrected chi connectivity index (χ2v) is 27.7. The topological polar surface area (TPSA) is 237 Å². The van der Waals surface area contributed by atoms with Crippen molar-refractivity contribution in [1.82, 2.24) is 0 Å². The van der Waals surface area contributed by atoms with Crippen molar-refractivity contribution >= 4 is 39.5 Å². The van der Waals surface area contributed by atoms with E-state index in [1.54, 1.807) is 0 Å². The molecule has 0 spiro atoms. The number of unbranched alkanes of at least 4 members (excludes halogenated alkanes) is 24. The number of ether oxygens (including phenoxy) is 4. The van der Waals surface area contributed by atoms with Gasteiger partial charge < -0.3 is 33.8 Å². The van der Waals surface area contributed by atoms with Crippen molar-refractivity contribution in [3.63, 3.8) is 0 Å². The zero-order chi connectivity index (χ0) is 71.8. The number of hydrogen-bond acceptors (Lipinski definition) is 15. The van der Waals surface area contributed by atoms with Gasteiger partial charge in [-0.05, 0) is 148 Å². The van der Waals surface area contributed by atoms with Crippen LogP contribution in [0.25, 0.3) is 0 Å². The van der Waals surface area contributed by atoms with E-state index in [1.165, 1.54) is 25.7 Å². The van der Waals surface area contributed by atoms with E-state index in [-0.39, 0.29) is 25.7 Å². The van der Waals surface area contributed by atoms with E-state index >= 15 is 0 Å². The van der Waals surface area contributed by atoms with Gasteiger partial charge in [-0.2, -0.15) is 0 Å². The summed E-state index contributed by atoms with van der Waals surface area (Å²) in [6, 6.07) is 0. The molecule has 0 aromatic rings. The van der Waals surface area contributed by atoms with Crippen molar-refractivity contribution in [3.05, 3.63) is 122 Å². The molecule has 0 aliphatic rings. The molecule has 0 saturated heterocycles. The SMILES string of the molecule is CC/C=C\C/C=C\C/C=C\CCCCCCCC(=O)OCC(COP(=O)(O)OCC(O)COP(=O)(O)OCC(COC(=O)CCCCCCC/C=C\C/C=C\C/C=C\CC)OC(=O)CCCCCCC/C=C\CCCCCC)OC(=O)CCCCCCC/C=C\C/C=C\C/C=C\CC. The van der Waals surface area contributed by atoms with Crippen LogP contribution >= 0.6 is 15.6 Å². The number of carbonyl (C=O) groups excluding carboxylic acids is 4. The Morgan fingerprint density at radius 2 is 0.531 bits per heavy atom. The molecule has 0 aromatic carbocycles. The molecule has 0 heterocycles. The Morgan fingerprint density at radius 1 is 0.296 bits per heavy atom. The summed E-state index contributed by atoms with van der Waals surface area (Å²) in [5.41, 5.74) is 0. The minimum atomic E-state index is -4.99. The molecule has 5 unspecified atom stereocenters. The molecule has 19 heteroatoms. The number of hydrogen-bond donors (Lipinski definition) is 3. The van der Waals surface area contributed by atoms with Crippen LogP contribution in [0.15, 0.2) is 122 Å². The smallest absolute Gasteiger partial charge is 0.462 e. The Hall–Kier alpha value is -4.54. The second kappa shape index (κ2) is 70.9. The molecule has 5 atom stereocenters. The monoisotopic (exact) mass is 1420 g/mol. The maximum absolute atomic E-state index is 13.1. The van der Waals surface area contributed by atoms with Crippen LogP contribution in [0.5, 0.6) is 0 Å². The van der Waals surface area contributed by atoms with E-state index in [9.17, 15) is 43.2 Å². The number of carbonyl (C=O) groups is 4. The van der Waals surface area contributed by atoms with Crippen molar-refractivity contribution in [1.29, 1.82) is 0 Å². The summed E-state index contributed by atoms with van der Waals surface area (Å²) in [7, 11) is -9.97. The van der Waals surface area contributed by atoms with Crippen molar-refractivity contribution in [2.45, 2.75) is 316 Å². The van der Waals surface area contributed by atoms with Gasteiger partial charge in [0.05, 0.1) is 26.4 Å². The van der Waals surface area contributed by atoms with Crippen LogP contribution in [-0.2, 0) is 65.4 Å². The Bertz CT molecular complexity index is 2340. The van der Waals surface area contributed by atoms with Crippen LogP contribution in [0.3, 0.4) is 0 Å². The lowest BCUT2D eigenvalue weighted by Gasteiger charge is -2.21. The highest BCUT2D eigenvalue weighted by Crippen LogP contribution is 2.45. The molecular weight excluding hydrogens is 1280 g/mol. The highest BCUT2D eigenvalue weighted by molar-refractivity contribution is 7.47. The van der Waals surface area contributed by atoms with Crippen molar-refractivity contribution in [2.24, 2.45) is 0 Å². The highest BCUT2D eigenvalue weighted by Gasteiger charge is 2.30. The molecule has 0 aliphatic carbocycles. The van der Waals surface area contributed by atoms with E-state index < -0.39 is 97.5 Å². The van der Waals surface area contributed by atoms with E-state index in [0.29, 0.717) is 25.7 Å². The second-order valence-electron chi connectivity index (χ2n) is 24.8. The molecule has 0 aromatic heterocycles. The fourth-order valence-corrected chi connectivity index (χ4v) is 11.3. The molecule has 0 radical (unpaired) electrons. The van der Waals surface area contributed by atoms with Crippen molar-refractivity contribution < 1.29 is 80.2 Å². The first-order valence-corrected chi connectivity index (χ1v) is 40.8. The summed E-state index contributed by atoms with van der Waals surface area (Å²) < 4.78 is 68.4.